The Bertz CT molecular complexity index is 1390. The zero-order chi connectivity index (χ0) is 22.8. The molecule has 2 aromatic heterocycles. The third-order valence-corrected chi connectivity index (χ3v) is 7.68. The molecule has 0 saturated carbocycles. The van der Waals surface area contributed by atoms with Crippen LogP contribution < -0.4 is 5.32 Å². The average molecular weight is 471 g/mol. The number of carbonyl (C=O) groups is 1. The van der Waals surface area contributed by atoms with E-state index in [1.54, 1.807) is 0 Å². The monoisotopic (exact) mass is 470 g/mol. The molecule has 33 heavy (non-hydrogen) atoms. The maximum absolute atomic E-state index is 12.8. The minimum atomic E-state index is -0.403. The lowest BCUT2D eigenvalue weighted by atomic mass is 9.95. The second kappa shape index (κ2) is 9.34. The molecule has 1 aliphatic rings. The maximum atomic E-state index is 12.8. The molecule has 1 amide bonds. The van der Waals surface area contributed by atoms with Crippen LogP contribution in [0.2, 0.25) is 0 Å². The Morgan fingerprint density at radius 3 is 2.79 bits per heavy atom. The van der Waals surface area contributed by atoms with Crippen molar-refractivity contribution >= 4 is 44.9 Å². The van der Waals surface area contributed by atoms with Gasteiger partial charge in [0, 0.05) is 16.6 Å². The lowest BCUT2D eigenvalue weighted by Crippen LogP contribution is -2.22. The van der Waals surface area contributed by atoms with Crippen molar-refractivity contribution in [1.82, 2.24) is 9.97 Å². The first-order valence-corrected chi connectivity index (χ1v) is 12.7. The van der Waals surface area contributed by atoms with Gasteiger partial charge in [0.1, 0.15) is 11.1 Å². The van der Waals surface area contributed by atoms with Crippen molar-refractivity contribution in [2.24, 2.45) is 0 Å². The molecular weight excluding hydrogens is 448 g/mol. The first-order chi connectivity index (χ1) is 16.1. The number of pyridine rings is 1. The van der Waals surface area contributed by atoms with Crippen LogP contribution in [0.4, 0.5) is 5.13 Å². The number of rotatable bonds is 5. The van der Waals surface area contributed by atoms with Gasteiger partial charge in [-0.2, -0.15) is 5.26 Å². The van der Waals surface area contributed by atoms with E-state index >= 15 is 0 Å². The summed E-state index contributed by atoms with van der Waals surface area (Å²) in [7, 11) is 0. The van der Waals surface area contributed by atoms with Crippen LogP contribution in [0.25, 0.3) is 22.0 Å². The molecule has 0 fully saturated rings. The Hall–Kier alpha value is -3.21. The number of aryl methyl sites for hydroxylation is 2. The van der Waals surface area contributed by atoms with Crippen LogP contribution in [0.3, 0.4) is 0 Å². The highest BCUT2D eigenvalue weighted by Gasteiger charge is 2.21. The Kier molecular flexibility index (Phi) is 6.12. The van der Waals surface area contributed by atoms with E-state index in [1.807, 2.05) is 36.6 Å². The summed E-state index contributed by atoms with van der Waals surface area (Å²) in [4.78, 5) is 22.2. The van der Waals surface area contributed by atoms with E-state index < -0.39 is 5.25 Å². The summed E-state index contributed by atoms with van der Waals surface area (Å²) in [5, 5.41) is 17.6. The molecule has 5 nitrogen and oxygen atoms in total. The number of carbonyl (C=O) groups excluding carboxylic acids is 1. The fourth-order valence-electron chi connectivity index (χ4n) is 4.03. The van der Waals surface area contributed by atoms with Crippen LogP contribution >= 0.6 is 23.1 Å². The van der Waals surface area contributed by atoms with Crippen LogP contribution in [-0.2, 0) is 17.6 Å². The summed E-state index contributed by atoms with van der Waals surface area (Å²) in [6, 6.07) is 18.6. The minimum Gasteiger partial charge on any atom is -0.301 e. The number of nitrogens with zero attached hydrogens (tertiary/aromatic N) is 3. The number of anilines is 1. The second-order valence-corrected chi connectivity index (χ2v) is 10.3. The Morgan fingerprint density at radius 1 is 1.12 bits per heavy atom. The molecule has 164 valence electrons. The molecule has 5 rings (SSSR count). The van der Waals surface area contributed by atoms with Crippen molar-refractivity contribution in [3.63, 3.8) is 0 Å². The van der Waals surface area contributed by atoms with E-state index in [0.29, 0.717) is 15.7 Å². The fourth-order valence-corrected chi connectivity index (χ4v) is 5.64. The molecule has 2 aromatic carbocycles. The van der Waals surface area contributed by atoms with Gasteiger partial charge in [-0.1, -0.05) is 48.2 Å². The highest BCUT2D eigenvalue weighted by Crippen LogP contribution is 2.31. The van der Waals surface area contributed by atoms with Crippen LogP contribution in [0.1, 0.15) is 36.6 Å². The van der Waals surface area contributed by atoms with Gasteiger partial charge in [0.25, 0.3) is 0 Å². The number of hydrogen-bond acceptors (Lipinski definition) is 6. The molecular formula is C26H22N4OS2. The molecule has 7 heteroatoms. The molecule has 0 spiro atoms. The zero-order valence-corrected chi connectivity index (χ0v) is 19.8. The van der Waals surface area contributed by atoms with Gasteiger partial charge in [-0.3, -0.25) is 4.79 Å². The van der Waals surface area contributed by atoms with E-state index in [-0.39, 0.29) is 5.91 Å². The predicted octanol–water partition coefficient (Wildman–Crippen LogP) is 6.23. The van der Waals surface area contributed by atoms with Gasteiger partial charge in [-0.15, -0.1) is 11.3 Å². The quantitative estimate of drug-likeness (QED) is 0.350. The molecule has 2 heterocycles. The molecule has 0 bridgehead atoms. The Morgan fingerprint density at radius 2 is 1.94 bits per heavy atom. The Labute approximate surface area is 200 Å². The predicted molar refractivity (Wildman–Crippen MR) is 135 cm³/mol. The van der Waals surface area contributed by atoms with Crippen molar-refractivity contribution in [2.45, 2.75) is 42.9 Å². The SMILES string of the molecule is CC(Sc1nc2c(cc1C#N)CCCC2)C(=O)Nc1nc(-c2ccc3ccccc3c2)cs1. The van der Waals surface area contributed by atoms with Gasteiger partial charge in [0.05, 0.1) is 16.5 Å². The van der Waals surface area contributed by atoms with Gasteiger partial charge in [-0.05, 0) is 61.1 Å². The van der Waals surface area contributed by atoms with Crippen molar-refractivity contribution in [3.05, 3.63) is 70.7 Å². The average Bonchev–Trinajstić information content (AvgIpc) is 3.31. The maximum Gasteiger partial charge on any atom is 0.239 e. The molecule has 1 N–H and O–H groups in total. The van der Waals surface area contributed by atoms with Crippen LogP contribution in [0, 0.1) is 11.3 Å². The molecule has 1 atom stereocenters. The third-order valence-electron chi connectivity index (χ3n) is 5.82. The number of amides is 1. The van der Waals surface area contributed by atoms with E-state index in [2.05, 4.69) is 40.6 Å². The van der Waals surface area contributed by atoms with Gasteiger partial charge in [0.2, 0.25) is 5.91 Å². The van der Waals surface area contributed by atoms with Crippen molar-refractivity contribution in [3.8, 4) is 17.3 Å². The van der Waals surface area contributed by atoms with Crippen molar-refractivity contribution < 1.29 is 4.79 Å². The molecule has 1 unspecified atom stereocenters. The highest BCUT2D eigenvalue weighted by molar-refractivity contribution is 8.00. The highest BCUT2D eigenvalue weighted by atomic mass is 32.2. The van der Waals surface area contributed by atoms with E-state index in [1.165, 1.54) is 34.0 Å². The number of thioether (sulfide) groups is 1. The summed E-state index contributed by atoms with van der Waals surface area (Å²) in [5.74, 6) is -0.150. The smallest absolute Gasteiger partial charge is 0.239 e. The summed E-state index contributed by atoms with van der Waals surface area (Å²) in [6.45, 7) is 1.83. The molecule has 1 aliphatic carbocycles. The normalized spacial score (nSPS) is 13.8. The van der Waals surface area contributed by atoms with Crippen molar-refractivity contribution in [2.75, 3.05) is 5.32 Å². The second-order valence-electron chi connectivity index (χ2n) is 8.11. The van der Waals surface area contributed by atoms with E-state index in [4.69, 9.17) is 4.98 Å². The number of fused-ring (bicyclic) bond motifs is 2. The standard InChI is InChI=1S/C26H22N4OS2/c1-16(33-25-21(14-27)13-19-8-4-5-9-22(19)28-25)24(31)30-26-29-23(15-32-26)20-11-10-17-6-2-3-7-18(17)12-20/h2-3,6-7,10-13,15-16H,4-5,8-9H2,1H3,(H,29,30,31). The summed E-state index contributed by atoms with van der Waals surface area (Å²) < 4.78 is 0. The number of benzene rings is 2. The number of nitriles is 1. The van der Waals surface area contributed by atoms with Gasteiger partial charge < -0.3 is 5.32 Å². The molecule has 0 radical (unpaired) electrons. The summed E-state index contributed by atoms with van der Waals surface area (Å²) in [5.41, 5.74) is 4.64. The zero-order valence-electron chi connectivity index (χ0n) is 18.2. The molecule has 0 aliphatic heterocycles. The van der Waals surface area contributed by atoms with Crippen molar-refractivity contribution in [1.29, 1.82) is 5.26 Å². The van der Waals surface area contributed by atoms with Crippen LogP contribution in [0.5, 0.6) is 0 Å². The lowest BCUT2D eigenvalue weighted by Gasteiger charge is -2.17. The Balaban J connectivity index is 1.29. The molecule has 0 saturated heterocycles. The van der Waals surface area contributed by atoms with Crippen LogP contribution in [-0.4, -0.2) is 21.1 Å². The third kappa shape index (κ3) is 4.63. The number of thiazole rings is 1. The van der Waals surface area contributed by atoms with E-state index in [9.17, 15) is 10.1 Å². The van der Waals surface area contributed by atoms with Gasteiger partial charge >= 0.3 is 0 Å². The molecule has 4 aromatic rings. The summed E-state index contributed by atoms with van der Waals surface area (Å²) >= 11 is 2.74. The van der Waals surface area contributed by atoms with Gasteiger partial charge in [-0.25, -0.2) is 9.97 Å². The number of nitrogens with one attached hydrogen (secondary N) is 1. The summed E-state index contributed by atoms with van der Waals surface area (Å²) in [6.07, 6.45) is 4.17. The largest absolute Gasteiger partial charge is 0.301 e. The minimum absolute atomic E-state index is 0.150. The topological polar surface area (TPSA) is 78.7 Å². The van der Waals surface area contributed by atoms with E-state index in [0.717, 1.165) is 48.0 Å². The first-order valence-electron chi connectivity index (χ1n) is 11.0. The van der Waals surface area contributed by atoms with Gasteiger partial charge in [0.15, 0.2) is 5.13 Å². The fraction of sp³-hybridized carbons (Fsp3) is 0.231. The lowest BCUT2D eigenvalue weighted by molar-refractivity contribution is -0.115. The number of hydrogen-bond donors (Lipinski definition) is 1. The van der Waals surface area contributed by atoms with Crippen LogP contribution in [0.15, 0.2) is 58.9 Å². The number of aromatic nitrogens is 2. The first kappa shape index (κ1) is 21.6.